The molecule has 6 nitrogen and oxygen atoms in total. The molecule has 0 spiro atoms. The number of aromatic amines is 1. The number of hydrogen-bond donors (Lipinski definition) is 2. The number of nitrogens with one attached hydrogen (secondary N) is 2. The molecule has 7 heteroatoms. The van der Waals surface area contributed by atoms with Crippen molar-refractivity contribution in [3.05, 3.63) is 78.9 Å². The fraction of sp³-hybridized carbons (Fsp3) is 0.0435. The van der Waals surface area contributed by atoms with Gasteiger partial charge in [0, 0.05) is 16.6 Å². The number of benzene rings is 3. The Morgan fingerprint density at radius 2 is 1.60 bits per heavy atom. The van der Waals surface area contributed by atoms with Crippen molar-refractivity contribution < 1.29 is 4.79 Å². The van der Waals surface area contributed by atoms with E-state index >= 15 is 0 Å². The van der Waals surface area contributed by atoms with Crippen molar-refractivity contribution >= 4 is 45.4 Å². The monoisotopic (exact) mass is 411 g/mol. The number of thioether (sulfide) groups is 1. The second-order valence-corrected chi connectivity index (χ2v) is 7.68. The molecule has 0 aliphatic heterocycles. The van der Waals surface area contributed by atoms with Gasteiger partial charge in [-0.15, -0.1) is 10.2 Å². The van der Waals surface area contributed by atoms with E-state index in [2.05, 4.69) is 37.6 Å². The van der Waals surface area contributed by atoms with Crippen molar-refractivity contribution in [3.63, 3.8) is 0 Å². The molecule has 0 bridgehead atoms. The largest absolute Gasteiger partial charge is 0.338 e. The van der Waals surface area contributed by atoms with E-state index in [1.807, 2.05) is 66.7 Å². The van der Waals surface area contributed by atoms with E-state index in [1.54, 1.807) is 0 Å². The molecular weight excluding hydrogens is 394 g/mol. The lowest BCUT2D eigenvalue weighted by molar-refractivity contribution is -0.113. The zero-order chi connectivity index (χ0) is 20.3. The molecule has 2 aromatic heterocycles. The first-order valence-corrected chi connectivity index (χ1v) is 10.4. The lowest BCUT2D eigenvalue weighted by Gasteiger charge is -2.06. The van der Waals surface area contributed by atoms with Crippen LogP contribution < -0.4 is 5.32 Å². The van der Waals surface area contributed by atoms with Crippen LogP contribution in [0.3, 0.4) is 0 Å². The number of aromatic nitrogens is 4. The van der Waals surface area contributed by atoms with Crippen LogP contribution in [0.2, 0.25) is 0 Å². The van der Waals surface area contributed by atoms with E-state index in [-0.39, 0.29) is 11.7 Å². The van der Waals surface area contributed by atoms with Gasteiger partial charge in [0.2, 0.25) is 11.1 Å². The van der Waals surface area contributed by atoms with E-state index in [0.717, 1.165) is 33.2 Å². The fourth-order valence-corrected chi connectivity index (χ4v) is 3.86. The average Bonchev–Trinajstić information content (AvgIpc) is 3.17. The molecular formula is C23H17N5OS. The summed E-state index contributed by atoms with van der Waals surface area (Å²) in [6, 6.07) is 25.8. The van der Waals surface area contributed by atoms with Gasteiger partial charge in [-0.25, -0.2) is 4.98 Å². The Hall–Kier alpha value is -3.71. The molecule has 3 aromatic carbocycles. The van der Waals surface area contributed by atoms with Crippen molar-refractivity contribution in [2.75, 3.05) is 11.1 Å². The number of amides is 1. The topological polar surface area (TPSA) is 83.6 Å². The predicted molar refractivity (Wildman–Crippen MR) is 120 cm³/mol. The quantitative estimate of drug-likeness (QED) is 0.402. The van der Waals surface area contributed by atoms with E-state index < -0.39 is 0 Å². The minimum absolute atomic E-state index is 0.118. The number of carbonyl (C=O) groups is 1. The molecule has 0 saturated carbocycles. The van der Waals surface area contributed by atoms with E-state index in [4.69, 9.17) is 0 Å². The summed E-state index contributed by atoms with van der Waals surface area (Å²) in [5.41, 5.74) is 5.37. The standard InChI is InChI=1S/C23H17N5OS/c29-20(24-17-12-10-16(11-13-17)15-6-2-1-3-7-15)14-30-23-26-22-21(27-28-23)18-8-4-5-9-19(18)25-22/h1-13H,14H2,(H,24,29)(H,25,26,28). The molecule has 1 amide bonds. The molecule has 0 unspecified atom stereocenters. The minimum Gasteiger partial charge on any atom is -0.338 e. The number of carbonyl (C=O) groups excluding carboxylic acids is 1. The van der Waals surface area contributed by atoms with Crippen LogP contribution in [0.15, 0.2) is 84.0 Å². The van der Waals surface area contributed by atoms with Crippen molar-refractivity contribution in [2.45, 2.75) is 5.16 Å². The Bertz CT molecular complexity index is 1330. The number of hydrogen-bond acceptors (Lipinski definition) is 5. The summed E-state index contributed by atoms with van der Waals surface area (Å²) < 4.78 is 0. The van der Waals surface area contributed by atoms with Crippen LogP contribution in [0.5, 0.6) is 0 Å². The van der Waals surface area contributed by atoms with Crippen LogP contribution in [0, 0.1) is 0 Å². The summed E-state index contributed by atoms with van der Waals surface area (Å²) in [5.74, 6) is 0.0845. The maximum atomic E-state index is 12.3. The molecule has 5 aromatic rings. The molecule has 0 aliphatic carbocycles. The van der Waals surface area contributed by atoms with Crippen LogP contribution in [-0.4, -0.2) is 31.8 Å². The molecule has 2 heterocycles. The van der Waals surface area contributed by atoms with Gasteiger partial charge in [0.15, 0.2) is 5.65 Å². The maximum absolute atomic E-state index is 12.3. The third-order valence-electron chi connectivity index (χ3n) is 4.71. The Labute approximate surface area is 176 Å². The molecule has 0 aliphatic rings. The van der Waals surface area contributed by atoms with Crippen LogP contribution in [-0.2, 0) is 4.79 Å². The van der Waals surface area contributed by atoms with Gasteiger partial charge >= 0.3 is 0 Å². The van der Waals surface area contributed by atoms with E-state index in [9.17, 15) is 4.79 Å². The van der Waals surface area contributed by atoms with Crippen LogP contribution in [0.1, 0.15) is 0 Å². The van der Waals surface area contributed by atoms with E-state index in [1.165, 1.54) is 11.8 Å². The lowest BCUT2D eigenvalue weighted by atomic mass is 10.1. The average molecular weight is 411 g/mol. The number of nitrogens with zero attached hydrogens (tertiary/aromatic N) is 3. The first-order chi connectivity index (χ1) is 14.8. The molecule has 146 valence electrons. The van der Waals surface area contributed by atoms with Crippen LogP contribution in [0.25, 0.3) is 33.2 Å². The third-order valence-corrected chi connectivity index (χ3v) is 5.55. The highest BCUT2D eigenvalue weighted by Crippen LogP contribution is 2.24. The first-order valence-electron chi connectivity index (χ1n) is 9.45. The SMILES string of the molecule is O=C(CSc1nnc2c(n1)[nH]c1ccccc12)Nc1ccc(-c2ccccc2)cc1. The highest BCUT2D eigenvalue weighted by molar-refractivity contribution is 7.99. The fourth-order valence-electron chi connectivity index (χ4n) is 3.27. The highest BCUT2D eigenvalue weighted by Gasteiger charge is 2.11. The summed E-state index contributed by atoms with van der Waals surface area (Å²) in [6.45, 7) is 0. The van der Waals surface area contributed by atoms with Gasteiger partial charge in [-0.05, 0) is 29.3 Å². The molecule has 0 fully saturated rings. The molecule has 0 saturated heterocycles. The normalized spacial score (nSPS) is 11.1. The summed E-state index contributed by atoms with van der Waals surface area (Å²) in [5, 5.41) is 12.8. The zero-order valence-corrected chi connectivity index (χ0v) is 16.7. The summed E-state index contributed by atoms with van der Waals surface area (Å²) >= 11 is 1.26. The maximum Gasteiger partial charge on any atom is 0.234 e. The van der Waals surface area contributed by atoms with Crippen molar-refractivity contribution in [2.24, 2.45) is 0 Å². The Kier molecular flexibility index (Phi) is 4.86. The summed E-state index contributed by atoms with van der Waals surface area (Å²) in [6.07, 6.45) is 0. The number of fused-ring (bicyclic) bond motifs is 3. The number of para-hydroxylation sites is 1. The van der Waals surface area contributed by atoms with Gasteiger partial charge in [-0.1, -0.05) is 72.4 Å². The van der Waals surface area contributed by atoms with Gasteiger partial charge in [0.25, 0.3) is 0 Å². The van der Waals surface area contributed by atoms with Crippen molar-refractivity contribution in [1.29, 1.82) is 0 Å². The lowest BCUT2D eigenvalue weighted by Crippen LogP contribution is -2.14. The van der Waals surface area contributed by atoms with Gasteiger partial charge < -0.3 is 10.3 Å². The molecule has 2 N–H and O–H groups in total. The number of anilines is 1. The van der Waals surface area contributed by atoms with Gasteiger partial charge in [0.1, 0.15) is 5.52 Å². The van der Waals surface area contributed by atoms with E-state index in [0.29, 0.717) is 10.8 Å². The Morgan fingerprint density at radius 3 is 2.43 bits per heavy atom. The second-order valence-electron chi connectivity index (χ2n) is 6.74. The molecule has 0 atom stereocenters. The number of rotatable bonds is 5. The van der Waals surface area contributed by atoms with Gasteiger partial charge in [-0.3, -0.25) is 4.79 Å². The van der Waals surface area contributed by atoms with Crippen LogP contribution >= 0.6 is 11.8 Å². The predicted octanol–water partition coefficient (Wildman–Crippen LogP) is 4.90. The Morgan fingerprint density at radius 1 is 0.867 bits per heavy atom. The van der Waals surface area contributed by atoms with Crippen molar-refractivity contribution in [1.82, 2.24) is 20.2 Å². The third kappa shape index (κ3) is 3.75. The Balaban J connectivity index is 1.23. The first kappa shape index (κ1) is 18.3. The van der Waals surface area contributed by atoms with Gasteiger partial charge in [0.05, 0.1) is 5.75 Å². The van der Waals surface area contributed by atoms with Gasteiger partial charge in [-0.2, -0.15) is 0 Å². The molecule has 0 radical (unpaired) electrons. The molecule has 30 heavy (non-hydrogen) atoms. The molecule has 5 rings (SSSR count). The minimum atomic E-state index is -0.118. The van der Waals surface area contributed by atoms with Crippen LogP contribution in [0.4, 0.5) is 5.69 Å². The second kappa shape index (κ2) is 7.96. The zero-order valence-electron chi connectivity index (χ0n) is 15.9. The highest BCUT2D eigenvalue weighted by atomic mass is 32.2. The number of H-pyrrole nitrogens is 1. The summed E-state index contributed by atoms with van der Waals surface area (Å²) in [4.78, 5) is 20.1. The smallest absolute Gasteiger partial charge is 0.234 e. The summed E-state index contributed by atoms with van der Waals surface area (Å²) in [7, 11) is 0. The van der Waals surface area contributed by atoms with Crippen molar-refractivity contribution in [3.8, 4) is 11.1 Å².